The minimum atomic E-state index is 0. The second kappa shape index (κ2) is 13.1. The quantitative estimate of drug-likeness (QED) is 0.350. The van der Waals surface area contributed by atoms with Crippen molar-refractivity contribution in [2.45, 2.75) is 0 Å². The fourth-order valence-corrected chi connectivity index (χ4v) is 0. The number of rotatable bonds is 0. The fourth-order valence-electron chi connectivity index (χ4n) is 0. The lowest BCUT2D eigenvalue weighted by Crippen LogP contribution is -1.26. The monoisotopic (exact) mass is 68.0 g/mol. The molecular weight excluding hydrogens is 64.8 g/mol. The van der Waals surface area contributed by atoms with Crippen LogP contribution in [-0.2, 0) is 5.15 Å². The molecule has 0 aliphatic carbocycles. The molecule has 4 heavy (non-hydrogen) atoms. The SMILES string of the molecule is B.FOF. The van der Waals surface area contributed by atoms with Crippen LogP contribution in [0, 0.1) is 0 Å². The van der Waals surface area contributed by atoms with Crippen molar-refractivity contribution in [1.82, 2.24) is 0 Å². The van der Waals surface area contributed by atoms with Crippen LogP contribution in [0.3, 0.4) is 0 Å². The molecule has 0 aromatic carbocycles. The molecule has 0 N–H and O–H groups in total. The predicted octanol–water partition coefficient (Wildman–Crippen LogP) is -0.412. The van der Waals surface area contributed by atoms with Crippen molar-refractivity contribution < 1.29 is 14.2 Å². The van der Waals surface area contributed by atoms with Crippen LogP contribution < -0.4 is 0 Å². The fraction of sp³-hybridized carbons (Fsp3) is 0. The van der Waals surface area contributed by atoms with Crippen LogP contribution in [0.15, 0.2) is 0 Å². The van der Waals surface area contributed by atoms with Gasteiger partial charge in [-0.2, -0.15) is 0 Å². The highest BCUT2D eigenvalue weighted by molar-refractivity contribution is 5.75. The first-order valence-corrected chi connectivity index (χ1v) is 0.309. The van der Waals surface area contributed by atoms with Crippen LogP contribution >= 0.6 is 0 Å². The molecule has 0 heterocycles. The molecule has 0 spiro atoms. The van der Waals surface area contributed by atoms with E-state index in [4.69, 9.17) is 9.05 Å². The summed E-state index contributed by atoms with van der Waals surface area (Å²) in [4.78, 5) is 0. The molecule has 0 saturated heterocycles. The van der Waals surface area contributed by atoms with Crippen molar-refractivity contribution in [3.63, 3.8) is 0 Å². The first-order chi connectivity index (χ1) is 1.41. The van der Waals surface area contributed by atoms with Gasteiger partial charge in [0.05, 0.1) is 8.41 Å². The summed E-state index contributed by atoms with van der Waals surface area (Å²) in [6, 6.07) is 0. The molecule has 0 amide bonds. The molecule has 0 bridgehead atoms. The Morgan fingerprint density at radius 2 is 1.25 bits per heavy atom. The molecule has 0 unspecified atom stereocenters. The van der Waals surface area contributed by atoms with Crippen LogP contribution in [-0.4, -0.2) is 8.41 Å². The molecule has 0 radical (unpaired) electrons. The zero-order valence-corrected chi connectivity index (χ0v) is 1.16. The highest BCUT2D eigenvalue weighted by Crippen LogP contribution is 1.61. The zero-order chi connectivity index (χ0) is 2.71. The van der Waals surface area contributed by atoms with Crippen molar-refractivity contribution in [1.29, 1.82) is 0 Å². The van der Waals surface area contributed by atoms with E-state index in [2.05, 4.69) is 0 Å². The molecule has 0 atom stereocenters. The van der Waals surface area contributed by atoms with Crippen LogP contribution in [0.5, 0.6) is 0 Å². The Morgan fingerprint density at radius 3 is 1.25 bits per heavy atom. The smallest absolute Gasteiger partial charge is 0.0104 e. The van der Waals surface area contributed by atoms with E-state index < -0.39 is 0 Å². The summed E-state index contributed by atoms with van der Waals surface area (Å²) in [6.45, 7) is 0. The third kappa shape index (κ3) is 111. The Hall–Kier alpha value is -0.115. The van der Waals surface area contributed by atoms with Gasteiger partial charge < -0.3 is 0 Å². The van der Waals surface area contributed by atoms with E-state index in [1.807, 2.05) is 0 Å². The summed E-state index contributed by atoms with van der Waals surface area (Å²) in [5.41, 5.74) is 0. The van der Waals surface area contributed by atoms with Gasteiger partial charge in [-0.15, -0.1) is 0 Å². The summed E-state index contributed by atoms with van der Waals surface area (Å²) in [5.74, 6) is 0. The number of hydrogen-bond donors (Lipinski definition) is 0. The lowest BCUT2D eigenvalue weighted by atomic mass is 10.8. The Labute approximate surface area is 23.9 Å². The minimum absolute atomic E-state index is 0. The van der Waals surface area contributed by atoms with Crippen molar-refractivity contribution in [2.75, 3.05) is 0 Å². The largest absolute Gasteiger partial charge is 0.0814 e. The van der Waals surface area contributed by atoms with Crippen molar-refractivity contribution in [2.24, 2.45) is 0 Å². The van der Waals surface area contributed by atoms with E-state index in [0.717, 1.165) is 0 Å². The Bertz CT molecular complexity index is 6.00. The van der Waals surface area contributed by atoms with Gasteiger partial charge in [0.15, 0.2) is 0 Å². The standard InChI is InChI=1S/BH3.F2O/c;1-3-2/h1H3;. The van der Waals surface area contributed by atoms with Crippen LogP contribution in [0.25, 0.3) is 0 Å². The van der Waals surface area contributed by atoms with E-state index in [9.17, 15) is 0 Å². The maximum atomic E-state index is 9.12. The van der Waals surface area contributed by atoms with Gasteiger partial charge >= 0.3 is 0 Å². The minimum Gasteiger partial charge on any atom is -0.0104 e. The van der Waals surface area contributed by atoms with Crippen molar-refractivity contribution >= 4 is 8.41 Å². The lowest BCUT2D eigenvalue weighted by Gasteiger charge is -1.41. The Morgan fingerprint density at radius 1 is 1.25 bits per heavy atom. The summed E-state index contributed by atoms with van der Waals surface area (Å²) < 4.78 is 18.2. The third-order valence-electron chi connectivity index (χ3n) is 0. The summed E-state index contributed by atoms with van der Waals surface area (Å²) >= 11 is 0. The topological polar surface area (TPSA) is 9.23 Å². The van der Waals surface area contributed by atoms with Gasteiger partial charge in [0.1, 0.15) is 0 Å². The van der Waals surface area contributed by atoms with Gasteiger partial charge in [-0.25, -0.2) is 0 Å². The molecule has 0 aliphatic heterocycles. The van der Waals surface area contributed by atoms with Gasteiger partial charge in [-0.05, 0) is 9.05 Å². The highest BCUT2D eigenvalue weighted by atomic mass is 19.6. The Balaban J connectivity index is 0. The van der Waals surface area contributed by atoms with Crippen LogP contribution in [0.1, 0.15) is 0 Å². The maximum absolute atomic E-state index is 9.12. The predicted molar refractivity (Wildman–Crippen MR) is 13.2 cm³/mol. The highest BCUT2D eigenvalue weighted by Gasteiger charge is 1.42. The average molecular weight is 67.8 g/mol. The van der Waals surface area contributed by atoms with E-state index in [1.165, 1.54) is 5.15 Å². The molecule has 0 aromatic heterocycles. The molecular formula is H3BF2O. The molecule has 0 aromatic rings. The molecule has 4 heteroatoms. The Kier molecular flexibility index (Phi) is 29.8. The van der Waals surface area contributed by atoms with Crippen LogP contribution in [0.2, 0.25) is 0 Å². The molecule has 0 fully saturated rings. The van der Waals surface area contributed by atoms with Crippen molar-refractivity contribution in [3.8, 4) is 0 Å². The van der Waals surface area contributed by atoms with Gasteiger partial charge in [0, 0.05) is 5.15 Å². The molecule has 0 rings (SSSR count). The van der Waals surface area contributed by atoms with Gasteiger partial charge in [-0.3, -0.25) is 0 Å². The maximum Gasteiger partial charge on any atom is 0.0814 e. The second-order valence-electron chi connectivity index (χ2n) is 0.0583. The summed E-state index contributed by atoms with van der Waals surface area (Å²) in [7, 11) is 0. The van der Waals surface area contributed by atoms with E-state index in [1.54, 1.807) is 0 Å². The normalized spacial score (nSPS) is 4.50. The van der Waals surface area contributed by atoms with Gasteiger partial charge in [-0.1, -0.05) is 0 Å². The van der Waals surface area contributed by atoms with Crippen LogP contribution in [0.4, 0.5) is 9.05 Å². The van der Waals surface area contributed by atoms with E-state index >= 15 is 0 Å². The third-order valence-corrected chi connectivity index (χ3v) is 0. The first kappa shape index (κ1) is 9.10. The first-order valence-electron chi connectivity index (χ1n) is 0.309. The molecule has 1 nitrogen and oxygen atoms in total. The molecule has 26 valence electrons. The number of halogens is 2. The summed E-state index contributed by atoms with van der Waals surface area (Å²) in [6.07, 6.45) is 0. The molecule has 0 saturated carbocycles. The van der Waals surface area contributed by atoms with E-state index in [-0.39, 0.29) is 8.41 Å². The lowest BCUT2D eigenvalue weighted by molar-refractivity contribution is -0.317. The summed E-state index contributed by atoms with van der Waals surface area (Å²) in [5, 5.41) is 1.25. The molecule has 0 aliphatic rings. The van der Waals surface area contributed by atoms with E-state index in [0.29, 0.717) is 0 Å². The zero-order valence-electron chi connectivity index (χ0n) is 1.16. The van der Waals surface area contributed by atoms with Gasteiger partial charge in [0.25, 0.3) is 0 Å². The average Bonchev–Trinajstić information content (AvgIpc) is 0.918. The number of hydrogen-bond acceptors (Lipinski definition) is 1. The van der Waals surface area contributed by atoms with Gasteiger partial charge in [0.2, 0.25) is 0 Å². The van der Waals surface area contributed by atoms with Crippen molar-refractivity contribution in [3.05, 3.63) is 0 Å². The second-order valence-corrected chi connectivity index (χ2v) is 0.0583.